The van der Waals surface area contributed by atoms with Gasteiger partial charge in [0.15, 0.2) is 0 Å². The molecule has 0 aliphatic rings. The Balaban J connectivity index is 1.88. The molecule has 0 aliphatic carbocycles. The van der Waals surface area contributed by atoms with E-state index in [9.17, 15) is 4.79 Å². The lowest BCUT2D eigenvalue weighted by Gasteiger charge is -2.08. The Labute approximate surface area is 130 Å². The van der Waals surface area contributed by atoms with Gasteiger partial charge in [-0.25, -0.2) is 9.97 Å². The number of thiazole rings is 1. The SMILES string of the molecule is CNc1cc(C(=O)Nc2ccc3ncsc3c2)c(Cl)cn1. The highest BCUT2D eigenvalue weighted by atomic mass is 35.5. The number of aromatic nitrogens is 2. The molecule has 0 atom stereocenters. The Morgan fingerprint density at radius 2 is 2.14 bits per heavy atom. The Morgan fingerprint density at radius 3 is 2.95 bits per heavy atom. The van der Waals surface area contributed by atoms with E-state index in [0.29, 0.717) is 22.1 Å². The lowest BCUT2D eigenvalue weighted by molar-refractivity contribution is 0.102. The summed E-state index contributed by atoms with van der Waals surface area (Å²) in [6.07, 6.45) is 1.45. The Hall–Kier alpha value is -2.18. The number of rotatable bonds is 3. The van der Waals surface area contributed by atoms with E-state index in [4.69, 9.17) is 11.6 Å². The molecule has 1 aromatic carbocycles. The van der Waals surface area contributed by atoms with E-state index >= 15 is 0 Å². The van der Waals surface area contributed by atoms with Crippen LogP contribution in [-0.2, 0) is 0 Å². The molecule has 1 amide bonds. The zero-order valence-electron chi connectivity index (χ0n) is 11.1. The summed E-state index contributed by atoms with van der Waals surface area (Å²) in [6, 6.07) is 7.19. The van der Waals surface area contributed by atoms with E-state index in [1.807, 2.05) is 18.2 Å². The number of pyridine rings is 1. The number of nitrogens with zero attached hydrogens (tertiary/aromatic N) is 2. The quantitative estimate of drug-likeness (QED) is 0.773. The highest BCUT2D eigenvalue weighted by Gasteiger charge is 2.12. The number of amides is 1. The van der Waals surface area contributed by atoms with Gasteiger partial charge in [-0.15, -0.1) is 11.3 Å². The smallest absolute Gasteiger partial charge is 0.257 e. The zero-order valence-corrected chi connectivity index (χ0v) is 12.6. The minimum Gasteiger partial charge on any atom is -0.373 e. The molecule has 106 valence electrons. The van der Waals surface area contributed by atoms with Crippen molar-refractivity contribution in [2.24, 2.45) is 0 Å². The van der Waals surface area contributed by atoms with Crippen LogP contribution < -0.4 is 10.6 Å². The standard InChI is InChI=1S/C14H11ClN4OS/c1-16-13-5-9(10(15)6-17-13)14(20)19-8-2-3-11-12(4-8)21-7-18-11/h2-7H,1H3,(H,16,17)(H,19,20). The molecule has 3 aromatic rings. The van der Waals surface area contributed by atoms with Gasteiger partial charge in [0.05, 0.1) is 26.3 Å². The normalized spacial score (nSPS) is 10.6. The molecular formula is C14H11ClN4OS. The topological polar surface area (TPSA) is 66.9 Å². The predicted molar refractivity (Wildman–Crippen MR) is 86.4 cm³/mol. The maximum atomic E-state index is 12.3. The van der Waals surface area contributed by atoms with Crippen molar-refractivity contribution in [3.8, 4) is 0 Å². The van der Waals surface area contributed by atoms with Gasteiger partial charge in [0.2, 0.25) is 0 Å². The van der Waals surface area contributed by atoms with Crippen molar-refractivity contribution in [3.63, 3.8) is 0 Å². The van der Waals surface area contributed by atoms with E-state index in [0.717, 1.165) is 10.2 Å². The van der Waals surface area contributed by atoms with E-state index in [1.165, 1.54) is 17.5 Å². The summed E-state index contributed by atoms with van der Waals surface area (Å²) < 4.78 is 1.02. The summed E-state index contributed by atoms with van der Waals surface area (Å²) >= 11 is 7.56. The average molecular weight is 319 g/mol. The van der Waals surface area contributed by atoms with Gasteiger partial charge in [0.1, 0.15) is 5.82 Å². The zero-order chi connectivity index (χ0) is 14.8. The highest BCUT2D eigenvalue weighted by Crippen LogP contribution is 2.23. The number of benzene rings is 1. The molecule has 2 heterocycles. The number of carbonyl (C=O) groups is 1. The van der Waals surface area contributed by atoms with Crippen molar-refractivity contribution >= 4 is 50.6 Å². The molecule has 0 radical (unpaired) electrons. The van der Waals surface area contributed by atoms with Crippen molar-refractivity contribution in [2.75, 3.05) is 17.7 Å². The molecule has 2 N–H and O–H groups in total. The molecule has 0 unspecified atom stereocenters. The maximum absolute atomic E-state index is 12.3. The summed E-state index contributed by atoms with van der Waals surface area (Å²) in [7, 11) is 1.73. The third-order valence-corrected chi connectivity index (χ3v) is 4.04. The molecule has 2 aromatic heterocycles. The van der Waals surface area contributed by atoms with Crippen LogP contribution in [0.25, 0.3) is 10.2 Å². The number of halogens is 1. The summed E-state index contributed by atoms with van der Waals surface area (Å²) in [4.78, 5) is 20.6. The second kappa shape index (κ2) is 5.67. The fourth-order valence-electron chi connectivity index (χ4n) is 1.88. The Kier molecular flexibility index (Phi) is 3.72. The third kappa shape index (κ3) is 2.81. The van der Waals surface area contributed by atoms with Crippen LogP contribution in [0.1, 0.15) is 10.4 Å². The molecule has 0 spiro atoms. The summed E-state index contributed by atoms with van der Waals surface area (Å²) in [5, 5.41) is 6.02. The van der Waals surface area contributed by atoms with Gasteiger partial charge in [-0.3, -0.25) is 4.79 Å². The highest BCUT2D eigenvalue weighted by molar-refractivity contribution is 7.16. The lowest BCUT2D eigenvalue weighted by Crippen LogP contribution is -2.13. The number of anilines is 2. The van der Waals surface area contributed by atoms with Gasteiger partial charge >= 0.3 is 0 Å². The largest absolute Gasteiger partial charge is 0.373 e. The minimum absolute atomic E-state index is 0.275. The third-order valence-electron chi connectivity index (χ3n) is 2.95. The molecule has 21 heavy (non-hydrogen) atoms. The summed E-state index contributed by atoms with van der Waals surface area (Å²) in [6.45, 7) is 0. The van der Waals surface area contributed by atoms with Crippen LogP contribution in [-0.4, -0.2) is 22.9 Å². The number of nitrogens with one attached hydrogen (secondary N) is 2. The molecule has 0 fully saturated rings. The van der Waals surface area contributed by atoms with Crippen LogP contribution in [0.2, 0.25) is 5.02 Å². The van der Waals surface area contributed by atoms with Crippen LogP contribution in [0.4, 0.5) is 11.5 Å². The van der Waals surface area contributed by atoms with Crippen molar-refractivity contribution in [1.82, 2.24) is 9.97 Å². The van der Waals surface area contributed by atoms with Gasteiger partial charge in [0, 0.05) is 18.9 Å². The van der Waals surface area contributed by atoms with E-state index in [2.05, 4.69) is 20.6 Å². The van der Waals surface area contributed by atoms with Crippen molar-refractivity contribution < 1.29 is 4.79 Å². The first-order valence-corrected chi connectivity index (χ1v) is 7.41. The summed E-state index contributed by atoms with van der Waals surface area (Å²) in [5.74, 6) is 0.310. The maximum Gasteiger partial charge on any atom is 0.257 e. The van der Waals surface area contributed by atoms with Gasteiger partial charge in [-0.1, -0.05) is 11.6 Å². The van der Waals surface area contributed by atoms with E-state index in [1.54, 1.807) is 18.6 Å². The fourth-order valence-corrected chi connectivity index (χ4v) is 2.79. The predicted octanol–water partition coefficient (Wildman–Crippen LogP) is 3.64. The second-order valence-electron chi connectivity index (χ2n) is 4.29. The monoisotopic (exact) mass is 318 g/mol. The number of carbonyl (C=O) groups excluding carboxylic acids is 1. The van der Waals surface area contributed by atoms with Crippen molar-refractivity contribution in [3.05, 3.63) is 46.6 Å². The number of fused-ring (bicyclic) bond motifs is 1. The van der Waals surface area contributed by atoms with Crippen molar-refractivity contribution in [2.45, 2.75) is 0 Å². The van der Waals surface area contributed by atoms with Crippen LogP contribution >= 0.6 is 22.9 Å². The molecule has 0 aliphatic heterocycles. The van der Waals surface area contributed by atoms with Crippen LogP contribution in [0, 0.1) is 0 Å². The van der Waals surface area contributed by atoms with E-state index < -0.39 is 0 Å². The first-order chi connectivity index (χ1) is 10.2. The Bertz CT molecular complexity index is 818. The molecular weight excluding hydrogens is 308 g/mol. The van der Waals surface area contributed by atoms with Gasteiger partial charge in [-0.2, -0.15) is 0 Å². The summed E-state index contributed by atoms with van der Waals surface area (Å²) in [5.41, 5.74) is 3.77. The van der Waals surface area contributed by atoms with Gasteiger partial charge in [-0.05, 0) is 24.3 Å². The van der Waals surface area contributed by atoms with Gasteiger partial charge in [0.25, 0.3) is 5.91 Å². The van der Waals surface area contributed by atoms with E-state index in [-0.39, 0.29) is 5.91 Å². The number of hydrogen-bond donors (Lipinski definition) is 2. The molecule has 0 saturated carbocycles. The molecule has 0 bridgehead atoms. The first-order valence-electron chi connectivity index (χ1n) is 6.15. The minimum atomic E-state index is -0.275. The Morgan fingerprint density at radius 1 is 1.29 bits per heavy atom. The number of hydrogen-bond acceptors (Lipinski definition) is 5. The van der Waals surface area contributed by atoms with Crippen LogP contribution in [0.3, 0.4) is 0 Å². The molecule has 3 rings (SSSR count). The second-order valence-corrected chi connectivity index (χ2v) is 5.58. The first kappa shape index (κ1) is 13.8. The molecule has 5 nitrogen and oxygen atoms in total. The average Bonchev–Trinajstić information content (AvgIpc) is 2.95. The van der Waals surface area contributed by atoms with Crippen LogP contribution in [0.15, 0.2) is 36.0 Å². The van der Waals surface area contributed by atoms with Crippen molar-refractivity contribution in [1.29, 1.82) is 0 Å². The molecule has 7 heteroatoms. The fraction of sp³-hybridized carbons (Fsp3) is 0.0714. The molecule has 0 saturated heterocycles. The van der Waals surface area contributed by atoms with Crippen LogP contribution in [0.5, 0.6) is 0 Å². The lowest BCUT2D eigenvalue weighted by atomic mass is 10.2. The van der Waals surface area contributed by atoms with Gasteiger partial charge < -0.3 is 10.6 Å².